The minimum absolute atomic E-state index is 0.00924. The predicted octanol–water partition coefficient (Wildman–Crippen LogP) is 3.87. The van der Waals surface area contributed by atoms with Gasteiger partial charge in [-0.2, -0.15) is 0 Å². The lowest BCUT2D eigenvalue weighted by Crippen LogP contribution is -2.04. The fourth-order valence-electron chi connectivity index (χ4n) is 3.08. The van der Waals surface area contributed by atoms with Crippen LogP contribution >= 0.6 is 0 Å². The lowest BCUT2D eigenvalue weighted by Gasteiger charge is -2.04. The van der Waals surface area contributed by atoms with E-state index in [1.54, 1.807) is 0 Å². The second kappa shape index (κ2) is 7.87. The van der Waals surface area contributed by atoms with Crippen LogP contribution in [0.3, 0.4) is 0 Å². The number of carbonyl (C=O) groups excluding carboxylic acids is 2. The molecule has 0 aliphatic carbocycles. The molecule has 0 atom stereocenters. The fourth-order valence-corrected chi connectivity index (χ4v) is 3.08. The number of carbonyl (C=O) groups is 2. The highest BCUT2D eigenvalue weighted by Gasteiger charge is 2.17. The summed E-state index contributed by atoms with van der Waals surface area (Å²) in [4.78, 5) is 24.4. The Morgan fingerprint density at radius 2 is 1.92 bits per heavy atom. The van der Waals surface area contributed by atoms with Gasteiger partial charge in [0.05, 0.1) is 7.11 Å². The van der Waals surface area contributed by atoms with Gasteiger partial charge in [-0.05, 0) is 24.6 Å². The quantitative estimate of drug-likeness (QED) is 0.519. The molecule has 0 unspecified atom stereocenters. The van der Waals surface area contributed by atoms with Gasteiger partial charge in [-0.15, -0.1) is 0 Å². The first-order valence-corrected chi connectivity index (χ1v) is 8.61. The molecular formula is C21H22N2O3. The van der Waals surface area contributed by atoms with Gasteiger partial charge in [0.25, 0.3) is 0 Å². The van der Waals surface area contributed by atoms with E-state index in [9.17, 15) is 9.59 Å². The average Bonchev–Trinajstić information content (AvgIpc) is 3.06. The van der Waals surface area contributed by atoms with Crippen molar-refractivity contribution in [1.29, 1.82) is 0 Å². The topological polar surface area (TPSA) is 60.3 Å². The molecule has 3 rings (SSSR count). The standard InChI is InChI=1S/C21H22N2O3/c1-22-16-8-5-7-15(13-16)21(25)18-14-23(12-6-11-20(24)26-2)19-10-4-3-9-17(18)19/h3-5,7-10,13-14,22H,6,11-12H2,1-2H3. The lowest BCUT2D eigenvalue weighted by atomic mass is 10.0. The zero-order chi connectivity index (χ0) is 18.5. The Morgan fingerprint density at radius 3 is 2.69 bits per heavy atom. The van der Waals surface area contributed by atoms with Crippen molar-refractivity contribution in [3.8, 4) is 0 Å². The third-order valence-corrected chi connectivity index (χ3v) is 4.45. The molecular weight excluding hydrogens is 328 g/mol. The number of aromatic nitrogens is 1. The highest BCUT2D eigenvalue weighted by molar-refractivity contribution is 6.16. The number of ether oxygens (including phenoxy) is 1. The molecule has 0 saturated carbocycles. The van der Waals surface area contributed by atoms with Crippen LogP contribution in [-0.4, -0.2) is 30.5 Å². The van der Waals surface area contributed by atoms with E-state index in [0.29, 0.717) is 30.5 Å². The van der Waals surface area contributed by atoms with E-state index in [1.807, 2.05) is 66.3 Å². The molecule has 0 bridgehead atoms. The molecule has 1 heterocycles. The molecule has 5 heteroatoms. The van der Waals surface area contributed by atoms with Crippen molar-refractivity contribution < 1.29 is 14.3 Å². The van der Waals surface area contributed by atoms with Crippen molar-refractivity contribution in [2.75, 3.05) is 19.5 Å². The summed E-state index contributed by atoms with van der Waals surface area (Å²) in [5.41, 5.74) is 3.21. The Bertz CT molecular complexity index is 943. The summed E-state index contributed by atoms with van der Waals surface area (Å²) in [6, 6.07) is 15.3. The Labute approximate surface area is 152 Å². The van der Waals surface area contributed by atoms with Crippen molar-refractivity contribution in [3.63, 3.8) is 0 Å². The minimum Gasteiger partial charge on any atom is -0.469 e. The first kappa shape index (κ1) is 17.7. The van der Waals surface area contributed by atoms with Crippen LogP contribution in [0.4, 0.5) is 5.69 Å². The van der Waals surface area contributed by atoms with E-state index in [0.717, 1.165) is 16.6 Å². The molecule has 0 aliphatic rings. The number of anilines is 1. The van der Waals surface area contributed by atoms with Crippen LogP contribution in [0.25, 0.3) is 10.9 Å². The van der Waals surface area contributed by atoms with Crippen LogP contribution in [-0.2, 0) is 16.1 Å². The van der Waals surface area contributed by atoms with Crippen molar-refractivity contribution in [2.45, 2.75) is 19.4 Å². The van der Waals surface area contributed by atoms with Crippen LogP contribution in [0.1, 0.15) is 28.8 Å². The molecule has 1 aromatic heterocycles. The monoisotopic (exact) mass is 350 g/mol. The number of hydrogen-bond donors (Lipinski definition) is 1. The molecule has 0 saturated heterocycles. The summed E-state index contributed by atoms with van der Waals surface area (Å²) < 4.78 is 6.73. The van der Waals surface area contributed by atoms with Crippen LogP contribution < -0.4 is 5.32 Å². The molecule has 0 spiro atoms. The molecule has 1 N–H and O–H groups in total. The maximum Gasteiger partial charge on any atom is 0.305 e. The van der Waals surface area contributed by atoms with Gasteiger partial charge in [0.2, 0.25) is 0 Å². The molecule has 3 aromatic rings. The Morgan fingerprint density at radius 1 is 1.12 bits per heavy atom. The molecule has 0 aliphatic heterocycles. The van der Waals surface area contributed by atoms with E-state index < -0.39 is 0 Å². The Hall–Kier alpha value is -3.08. The maximum absolute atomic E-state index is 13.1. The third kappa shape index (κ3) is 3.61. The van der Waals surface area contributed by atoms with Gasteiger partial charge in [0.1, 0.15) is 0 Å². The largest absolute Gasteiger partial charge is 0.469 e. The summed E-state index contributed by atoms with van der Waals surface area (Å²) in [5, 5.41) is 3.98. The number of methoxy groups -OCH3 is 1. The van der Waals surface area contributed by atoms with Crippen molar-refractivity contribution in [2.24, 2.45) is 0 Å². The SMILES string of the molecule is CNc1cccc(C(=O)c2cn(CCCC(=O)OC)c3ccccc23)c1. The van der Waals surface area contributed by atoms with E-state index in [4.69, 9.17) is 4.74 Å². The summed E-state index contributed by atoms with van der Waals surface area (Å²) in [7, 11) is 3.22. The predicted molar refractivity (Wildman–Crippen MR) is 103 cm³/mol. The van der Waals surface area contributed by atoms with Gasteiger partial charge in [0, 0.05) is 53.9 Å². The Kier molecular flexibility index (Phi) is 5.37. The smallest absolute Gasteiger partial charge is 0.305 e. The van der Waals surface area contributed by atoms with E-state index >= 15 is 0 Å². The third-order valence-electron chi connectivity index (χ3n) is 4.45. The molecule has 0 amide bonds. The Balaban J connectivity index is 1.93. The number of ketones is 1. The summed E-state index contributed by atoms with van der Waals surface area (Å²) in [6.45, 7) is 0.652. The number of esters is 1. The lowest BCUT2D eigenvalue weighted by molar-refractivity contribution is -0.140. The molecule has 134 valence electrons. The number of aryl methyl sites for hydroxylation is 1. The van der Waals surface area contributed by atoms with Crippen molar-refractivity contribution in [3.05, 3.63) is 65.9 Å². The first-order valence-electron chi connectivity index (χ1n) is 8.61. The number of para-hydroxylation sites is 1. The molecule has 2 aromatic carbocycles. The second-order valence-corrected chi connectivity index (χ2v) is 6.09. The van der Waals surface area contributed by atoms with E-state index in [2.05, 4.69) is 5.32 Å². The van der Waals surface area contributed by atoms with Crippen LogP contribution in [0.5, 0.6) is 0 Å². The van der Waals surface area contributed by atoms with Gasteiger partial charge in [-0.1, -0.05) is 30.3 Å². The molecule has 5 nitrogen and oxygen atoms in total. The molecule has 26 heavy (non-hydrogen) atoms. The van der Waals surface area contributed by atoms with Crippen molar-refractivity contribution >= 4 is 28.3 Å². The number of benzene rings is 2. The highest BCUT2D eigenvalue weighted by Crippen LogP contribution is 2.25. The van der Waals surface area contributed by atoms with E-state index in [-0.39, 0.29) is 11.8 Å². The zero-order valence-corrected chi connectivity index (χ0v) is 15.0. The molecule has 0 fully saturated rings. The van der Waals surface area contributed by atoms with Crippen LogP contribution in [0.2, 0.25) is 0 Å². The maximum atomic E-state index is 13.1. The number of fused-ring (bicyclic) bond motifs is 1. The number of nitrogens with zero attached hydrogens (tertiary/aromatic N) is 1. The molecule has 0 radical (unpaired) electrons. The van der Waals surface area contributed by atoms with Gasteiger partial charge in [0.15, 0.2) is 5.78 Å². The fraction of sp³-hybridized carbons (Fsp3) is 0.238. The highest BCUT2D eigenvalue weighted by atomic mass is 16.5. The zero-order valence-electron chi connectivity index (χ0n) is 15.0. The summed E-state index contributed by atoms with van der Waals surface area (Å²) >= 11 is 0. The van der Waals surface area contributed by atoms with Gasteiger partial charge in [-0.3, -0.25) is 9.59 Å². The van der Waals surface area contributed by atoms with Crippen molar-refractivity contribution in [1.82, 2.24) is 4.57 Å². The van der Waals surface area contributed by atoms with E-state index in [1.165, 1.54) is 7.11 Å². The first-order chi connectivity index (χ1) is 12.6. The number of hydrogen-bond acceptors (Lipinski definition) is 4. The average molecular weight is 350 g/mol. The second-order valence-electron chi connectivity index (χ2n) is 6.09. The number of nitrogens with one attached hydrogen (secondary N) is 1. The van der Waals surface area contributed by atoms with Crippen LogP contribution in [0.15, 0.2) is 54.7 Å². The summed E-state index contributed by atoms with van der Waals surface area (Å²) in [6.07, 6.45) is 2.90. The summed E-state index contributed by atoms with van der Waals surface area (Å²) in [5.74, 6) is -0.230. The van der Waals surface area contributed by atoms with Gasteiger partial charge < -0.3 is 14.6 Å². The van der Waals surface area contributed by atoms with Gasteiger partial charge in [-0.25, -0.2) is 0 Å². The minimum atomic E-state index is -0.221. The van der Waals surface area contributed by atoms with Crippen LogP contribution in [0, 0.1) is 0 Å². The van der Waals surface area contributed by atoms with Gasteiger partial charge >= 0.3 is 5.97 Å². The number of rotatable bonds is 7. The normalized spacial score (nSPS) is 10.7.